The molecule has 33 heavy (non-hydrogen) atoms. The van der Waals surface area contributed by atoms with Crippen LogP contribution in [0.15, 0.2) is 42.9 Å². The van der Waals surface area contributed by atoms with E-state index in [2.05, 4.69) is 15.0 Å². The Balaban J connectivity index is 1.43. The molecule has 0 aliphatic carbocycles. The van der Waals surface area contributed by atoms with Crippen LogP contribution in [0.25, 0.3) is 10.9 Å². The molecule has 1 fully saturated rings. The molecule has 4 N–H and O–H groups in total. The van der Waals surface area contributed by atoms with E-state index < -0.39 is 6.04 Å². The van der Waals surface area contributed by atoms with Crippen molar-refractivity contribution in [3.05, 3.63) is 54.0 Å². The van der Waals surface area contributed by atoms with Gasteiger partial charge in [-0.2, -0.15) is 0 Å². The molecule has 9 nitrogen and oxygen atoms in total. The van der Waals surface area contributed by atoms with Crippen molar-refractivity contribution >= 4 is 34.4 Å². The number of carbonyl (C=O) groups is 2. The first-order valence-corrected chi connectivity index (χ1v) is 11.2. The molecule has 0 saturated carbocycles. The van der Waals surface area contributed by atoms with E-state index >= 15 is 0 Å². The number of amides is 2. The lowest BCUT2D eigenvalue weighted by Crippen LogP contribution is -2.58. The Labute approximate surface area is 192 Å². The van der Waals surface area contributed by atoms with Gasteiger partial charge >= 0.3 is 0 Å². The molecular formula is C24H29N7O2. The van der Waals surface area contributed by atoms with Gasteiger partial charge in [-0.05, 0) is 42.2 Å². The number of anilines is 2. The van der Waals surface area contributed by atoms with Gasteiger partial charge in [0.25, 0.3) is 0 Å². The van der Waals surface area contributed by atoms with Crippen molar-refractivity contribution < 1.29 is 9.59 Å². The summed E-state index contributed by atoms with van der Waals surface area (Å²) in [5.41, 5.74) is 14.2. The number of nitrogens with zero attached hydrogens (tertiary/aromatic N) is 5. The number of hydrogen-bond acceptors (Lipinski definition) is 7. The first-order valence-electron chi connectivity index (χ1n) is 11.2. The SMILES string of the molecule is CCC[C@H]1C(=O)N(Cc2ccc3c(N)ncnc3c2)CCN1C(=O)CCc1ccc(N)nc1. The number of nitrogens with two attached hydrogens (primary N) is 2. The predicted octanol–water partition coefficient (Wildman–Crippen LogP) is 2.16. The zero-order chi connectivity index (χ0) is 23.4. The molecule has 9 heteroatoms. The number of benzene rings is 1. The summed E-state index contributed by atoms with van der Waals surface area (Å²) in [6.45, 7) is 3.52. The maximum absolute atomic E-state index is 13.3. The van der Waals surface area contributed by atoms with Gasteiger partial charge in [-0.15, -0.1) is 0 Å². The monoisotopic (exact) mass is 447 g/mol. The molecule has 1 saturated heterocycles. The number of fused-ring (bicyclic) bond motifs is 1. The molecule has 0 spiro atoms. The van der Waals surface area contributed by atoms with Crippen molar-refractivity contribution in [2.24, 2.45) is 0 Å². The fourth-order valence-electron chi connectivity index (χ4n) is 4.27. The fourth-order valence-corrected chi connectivity index (χ4v) is 4.27. The van der Waals surface area contributed by atoms with E-state index in [-0.39, 0.29) is 11.8 Å². The number of aryl methyl sites for hydroxylation is 1. The molecule has 2 aromatic heterocycles. The lowest BCUT2D eigenvalue weighted by molar-refractivity contribution is -0.152. The van der Waals surface area contributed by atoms with Crippen molar-refractivity contribution in [1.29, 1.82) is 0 Å². The average molecular weight is 448 g/mol. The first kappa shape index (κ1) is 22.4. The number of rotatable bonds is 7. The Morgan fingerprint density at radius 1 is 1.09 bits per heavy atom. The number of aromatic nitrogens is 3. The highest BCUT2D eigenvalue weighted by Crippen LogP contribution is 2.22. The van der Waals surface area contributed by atoms with Crippen LogP contribution in [-0.2, 0) is 22.6 Å². The van der Waals surface area contributed by atoms with Crippen molar-refractivity contribution in [2.75, 3.05) is 24.6 Å². The Hall–Kier alpha value is -3.75. The van der Waals surface area contributed by atoms with E-state index in [0.717, 1.165) is 28.5 Å². The Morgan fingerprint density at radius 3 is 2.67 bits per heavy atom. The number of piperazine rings is 1. The standard InChI is InChI=1S/C24H29N7O2/c1-2-3-20-24(33)30(14-17-4-7-18-19(12-17)28-15-29-23(18)26)10-11-31(20)22(32)9-6-16-5-8-21(25)27-13-16/h4-5,7-8,12-13,15,20H,2-3,6,9-11,14H2,1H3,(H2,25,27)(H2,26,28,29)/t20-/m0/s1. The summed E-state index contributed by atoms with van der Waals surface area (Å²) in [4.78, 5) is 42.3. The van der Waals surface area contributed by atoms with E-state index in [4.69, 9.17) is 11.5 Å². The van der Waals surface area contributed by atoms with Crippen molar-refractivity contribution in [3.8, 4) is 0 Å². The second kappa shape index (κ2) is 9.81. The molecule has 172 valence electrons. The number of nitrogen functional groups attached to an aromatic ring is 2. The zero-order valence-corrected chi connectivity index (χ0v) is 18.8. The Morgan fingerprint density at radius 2 is 1.91 bits per heavy atom. The highest BCUT2D eigenvalue weighted by molar-refractivity contribution is 5.90. The third-order valence-electron chi connectivity index (χ3n) is 6.05. The van der Waals surface area contributed by atoms with Crippen LogP contribution < -0.4 is 11.5 Å². The maximum Gasteiger partial charge on any atom is 0.245 e. The normalized spacial score (nSPS) is 16.4. The minimum absolute atomic E-state index is 0.00356. The van der Waals surface area contributed by atoms with Crippen LogP contribution in [0.2, 0.25) is 0 Å². The van der Waals surface area contributed by atoms with Crippen LogP contribution in [0, 0.1) is 0 Å². The molecule has 1 atom stereocenters. The van der Waals surface area contributed by atoms with Gasteiger partial charge in [0.05, 0.1) is 5.52 Å². The second-order valence-electron chi connectivity index (χ2n) is 8.35. The maximum atomic E-state index is 13.3. The Kier molecular flexibility index (Phi) is 6.67. The second-order valence-corrected chi connectivity index (χ2v) is 8.35. The highest BCUT2D eigenvalue weighted by atomic mass is 16.2. The van der Waals surface area contributed by atoms with E-state index in [1.807, 2.05) is 36.1 Å². The van der Waals surface area contributed by atoms with Gasteiger partial charge in [0.2, 0.25) is 11.8 Å². The summed E-state index contributed by atoms with van der Waals surface area (Å²) in [6.07, 6.45) is 5.51. The lowest BCUT2D eigenvalue weighted by Gasteiger charge is -2.41. The number of hydrogen-bond donors (Lipinski definition) is 2. The van der Waals surface area contributed by atoms with Gasteiger partial charge in [0, 0.05) is 37.6 Å². The smallest absolute Gasteiger partial charge is 0.245 e. The van der Waals surface area contributed by atoms with E-state index in [9.17, 15) is 9.59 Å². The van der Waals surface area contributed by atoms with Crippen molar-refractivity contribution in [2.45, 2.75) is 45.2 Å². The summed E-state index contributed by atoms with van der Waals surface area (Å²) in [5, 5.41) is 0.795. The van der Waals surface area contributed by atoms with Crippen LogP contribution in [0.5, 0.6) is 0 Å². The average Bonchev–Trinajstić information content (AvgIpc) is 2.81. The van der Waals surface area contributed by atoms with Crippen molar-refractivity contribution in [1.82, 2.24) is 24.8 Å². The van der Waals surface area contributed by atoms with E-state index in [1.54, 1.807) is 17.2 Å². The van der Waals surface area contributed by atoms with Crippen LogP contribution in [-0.4, -0.2) is 55.7 Å². The third kappa shape index (κ3) is 5.02. The van der Waals surface area contributed by atoms with E-state index in [1.165, 1.54) is 6.33 Å². The summed E-state index contributed by atoms with van der Waals surface area (Å²) >= 11 is 0. The molecule has 0 bridgehead atoms. The molecule has 3 aromatic rings. The number of pyridine rings is 1. The van der Waals surface area contributed by atoms with Gasteiger partial charge in [0.1, 0.15) is 24.0 Å². The van der Waals surface area contributed by atoms with Crippen LogP contribution in [0.3, 0.4) is 0 Å². The number of carbonyl (C=O) groups excluding carboxylic acids is 2. The van der Waals surface area contributed by atoms with Gasteiger partial charge in [-0.3, -0.25) is 9.59 Å². The lowest BCUT2D eigenvalue weighted by atomic mass is 10.0. The molecule has 1 aromatic carbocycles. The summed E-state index contributed by atoms with van der Waals surface area (Å²) < 4.78 is 0. The van der Waals surface area contributed by atoms with Gasteiger partial charge in [-0.25, -0.2) is 15.0 Å². The molecule has 4 rings (SSSR count). The topological polar surface area (TPSA) is 131 Å². The summed E-state index contributed by atoms with van der Waals surface area (Å²) in [6, 6.07) is 8.95. The van der Waals surface area contributed by atoms with Crippen LogP contribution in [0.1, 0.15) is 37.3 Å². The van der Waals surface area contributed by atoms with Crippen LogP contribution >= 0.6 is 0 Å². The van der Waals surface area contributed by atoms with E-state index in [0.29, 0.717) is 50.5 Å². The Bertz CT molecular complexity index is 1150. The van der Waals surface area contributed by atoms with Gasteiger partial charge < -0.3 is 21.3 Å². The molecule has 1 aliphatic rings. The van der Waals surface area contributed by atoms with Crippen molar-refractivity contribution in [3.63, 3.8) is 0 Å². The largest absolute Gasteiger partial charge is 0.384 e. The fraction of sp³-hybridized carbons (Fsp3) is 0.375. The van der Waals surface area contributed by atoms with Crippen LogP contribution in [0.4, 0.5) is 11.6 Å². The molecule has 1 aliphatic heterocycles. The predicted molar refractivity (Wildman–Crippen MR) is 127 cm³/mol. The molecule has 0 radical (unpaired) electrons. The highest BCUT2D eigenvalue weighted by Gasteiger charge is 2.36. The quantitative estimate of drug-likeness (QED) is 0.567. The minimum Gasteiger partial charge on any atom is -0.384 e. The van der Waals surface area contributed by atoms with Gasteiger partial charge in [-0.1, -0.05) is 25.5 Å². The zero-order valence-electron chi connectivity index (χ0n) is 18.8. The first-order chi connectivity index (χ1) is 16.0. The molecular weight excluding hydrogens is 418 g/mol. The third-order valence-corrected chi connectivity index (χ3v) is 6.05. The minimum atomic E-state index is -0.431. The summed E-state index contributed by atoms with van der Waals surface area (Å²) in [5.74, 6) is 0.883. The molecule has 2 amide bonds. The summed E-state index contributed by atoms with van der Waals surface area (Å²) in [7, 11) is 0. The molecule has 0 unspecified atom stereocenters. The molecule has 3 heterocycles. The van der Waals surface area contributed by atoms with Gasteiger partial charge in [0.15, 0.2) is 0 Å².